The van der Waals surface area contributed by atoms with Crippen molar-refractivity contribution >= 4 is 0 Å². The number of rotatable bonds is 6. The van der Waals surface area contributed by atoms with Crippen LogP contribution in [0.5, 0.6) is 11.5 Å². The highest BCUT2D eigenvalue weighted by atomic mass is 19.3. The van der Waals surface area contributed by atoms with E-state index in [1.54, 1.807) is 18.2 Å². The third-order valence-corrected chi connectivity index (χ3v) is 3.79. The van der Waals surface area contributed by atoms with Gasteiger partial charge in [-0.05, 0) is 39.0 Å². The Morgan fingerprint density at radius 1 is 1.33 bits per heavy atom. The number of ether oxygens (including phenoxy) is 2. The third kappa shape index (κ3) is 4.54. The normalized spacial score (nSPS) is 17.2. The van der Waals surface area contributed by atoms with E-state index in [0.29, 0.717) is 23.9 Å². The molecule has 4 nitrogen and oxygen atoms in total. The van der Waals surface area contributed by atoms with Gasteiger partial charge >= 0.3 is 6.61 Å². The molecular weight excluding hydrogens is 278 g/mol. The second-order valence-electron chi connectivity index (χ2n) is 5.29. The van der Waals surface area contributed by atoms with Gasteiger partial charge < -0.3 is 19.7 Å². The van der Waals surface area contributed by atoms with Crippen molar-refractivity contribution in [3.05, 3.63) is 23.8 Å². The summed E-state index contributed by atoms with van der Waals surface area (Å²) in [6.07, 6.45) is 2.12. The van der Waals surface area contributed by atoms with Crippen LogP contribution < -0.4 is 14.8 Å². The molecular formula is C15H22F2N2O2. The van der Waals surface area contributed by atoms with Crippen molar-refractivity contribution in [2.45, 2.75) is 32.0 Å². The van der Waals surface area contributed by atoms with E-state index in [-0.39, 0.29) is 5.75 Å². The first-order valence-corrected chi connectivity index (χ1v) is 7.12. The maximum absolute atomic E-state index is 12.6. The molecule has 1 aliphatic rings. The zero-order valence-electron chi connectivity index (χ0n) is 12.4. The molecule has 1 aliphatic heterocycles. The number of hydrogen-bond acceptors (Lipinski definition) is 4. The van der Waals surface area contributed by atoms with Gasteiger partial charge in [-0.2, -0.15) is 8.78 Å². The lowest BCUT2D eigenvalue weighted by Gasteiger charge is -2.29. The molecule has 0 radical (unpaired) electrons. The van der Waals surface area contributed by atoms with Crippen molar-refractivity contribution in [3.8, 4) is 11.5 Å². The highest BCUT2D eigenvalue weighted by Gasteiger charge is 2.19. The SMILES string of the molecule is COc1cccc(CNC2CCN(C)CC2)c1OC(F)F. The Hall–Kier alpha value is -1.40. The zero-order chi connectivity index (χ0) is 15.2. The van der Waals surface area contributed by atoms with E-state index in [4.69, 9.17) is 4.74 Å². The molecule has 0 saturated carbocycles. The fraction of sp³-hybridized carbons (Fsp3) is 0.600. The first-order chi connectivity index (χ1) is 10.1. The van der Waals surface area contributed by atoms with Gasteiger partial charge in [-0.25, -0.2) is 0 Å². The predicted molar refractivity (Wildman–Crippen MR) is 77.0 cm³/mol. The van der Waals surface area contributed by atoms with Crippen LogP contribution in [0.25, 0.3) is 0 Å². The highest BCUT2D eigenvalue weighted by Crippen LogP contribution is 2.32. The highest BCUT2D eigenvalue weighted by molar-refractivity contribution is 5.46. The smallest absolute Gasteiger partial charge is 0.387 e. The molecule has 0 bridgehead atoms. The van der Waals surface area contributed by atoms with E-state index in [2.05, 4.69) is 22.0 Å². The molecule has 0 amide bonds. The molecule has 6 heteroatoms. The Kier molecular flexibility index (Phi) is 5.76. The molecule has 0 aromatic heterocycles. The van der Waals surface area contributed by atoms with Gasteiger partial charge in [-0.3, -0.25) is 0 Å². The monoisotopic (exact) mass is 300 g/mol. The van der Waals surface area contributed by atoms with Crippen molar-refractivity contribution in [1.82, 2.24) is 10.2 Å². The van der Waals surface area contributed by atoms with Crippen molar-refractivity contribution in [2.75, 3.05) is 27.2 Å². The molecule has 1 N–H and O–H groups in total. The summed E-state index contributed by atoms with van der Waals surface area (Å²) >= 11 is 0. The van der Waals surface area contributed by atoms with Gasteiger partial charge in [0.2, 0.25) is 0 Å². The molecule has 0 atom stereocenters. The van der Waals surface area contributed by atoms with Gasteiger partial charge in [0.05, 0.1) is 7.11 Å². The van der Waals surface area contributed by atoms with Crippen LogP contribution in [0.15, 0.2) is 18.2 Å². The van der Waals surface area contributed by atoms with E-state index in [0.717, 1.165) is 25.9 Å². The van der Waals surface area contributed by atoms with Crippen LogP contribution in [0.2, 0.25) is 0 Å². The number of alkyl halides is 2. The molecule has 0 unspecified atom stereocenters. The largest absolute Gasteiger partial charge is 0.493 e. The Balaban J connectivity index is 2.01. The van der Waals surface area contributed by atoms with Crippen LogP contribution in [0.4, 0.5) is 8.78 Å². The summed E-state index contributed by atoms with van der Waals surface area (Å²) in [7, 11) is 3.55. The van der Waals surface area contributed by atoms with Gasteiger partial charge in [-0.15, -0.1) is 0 Å². The van der Waals surface area contributed by atoms with Crippen LogP contribution in [-0.4, -0.2) is 44.8 Å². The Bertz CT molecular complexity index is 449. The van der Waals surface area contributed by atoms with E-state index in [1.807, 2.05) is 0 Å². The fourth-order valence-corrected chi connectivity index (χ4v) is 2.55. The summed E-state index contributed by atoms with van der Waals surface area (Å²) in [5.74, 6) is 0.452. The summed E-state index contributed by atoms with van der Waals surface area (Å²) in [6, 6.07) is 5.59. The van der Waals surface area contributed by atoms with Crippen molar-refractivity contribution in [3.63, 3.8) is 0 Å². The molecule has 1 aromatic carbocycles. The fourth-order valence-electron chi connectivity index (χ4n) is 2.55. The van der Waals surface area contributed by atoms with E-state index >= 15 is 0 Å². The molecule has 1 aromatic rings. The number of piperidine rings is 1. The molecule has 1 saturated heterocycles. The lowest BCUT2D eigenvalue weighted by atomic mass is 10.0. The van der Waals surface area contributed by atoms with Gasteiger partial charge in [0.15, 0.2) is 11.5 Å². The maximum atomic E-state index is 12.6. The van der Waals surface area contributed by atoms with Crippen molar-refractivity contribution < 1.29 is 18.3 Å². The first-order valence-electron chi connectivity index (χ1n) is 7.12. The Labute approximate surface area is 124 Å². The Morgan fingerprint density at radius 3 is 2.67 bits per heavy atom. The van der Waals surface area contributed by atoms with Gasteiger partial charge in [0.25, 0.3) is 0 Å². The molecule has 0 spiro atoms. The van der Waals surface area contributed by atoms with E-state index in [9.17, 15) is 8.78 Å². The van der Waals surface area contributed by atoms with Crippen molar-refractivity contribution in [1.29, 1.82) is 0 Å². The summed E-state index contributed by atoms with van der Waals surface area (Å²) in [6.45, 7) is -0.261. The van der Waals surface area contributed by atoms with Gasteiger partial charge in [0, 0.05) is 18.2 Å². The van der Waals surface area contributed by atoms with Crippen LogP contribution in [0, 0.1) is 0 Å². The number of para-hydroxylation sites is 1. The minimum Gasteiger partial charge on any atom is -0.493 e. The second-order valence-corrected chi connectivity index (χ2v) is 5.29. The lowest BCUT2D eigenvalue weighted by molar-refractivity contribution is -0.0519. The standard InChI is InChI=1S/C15H22F2N2O2/c1-19-8-6-12(7-9-19)18-10-11-4-3-5-13(20-2)14(11)21-15(16)17/h3-5,12,15,18H,6-10H2,1-2H3. The summed E-state index contributed by atoms with van der Waals surface area (Å²) in [5, 5.41) is 3.42. The summed E-state index contributed by atoms with van der Waals surface area (Å²) < 4.78 is 34.8. The number of hydrogen-bond donors (Lipinski definition) is 1. The summed E-state index contributed by atoms with van der Waals surface area (Å²) in [5.41, 5.74) is 0.688. The quantitative estimate of drug-likeness (QED) is 0.875. The van der Waals surface area contributed by atoms with E-state index < -0.39 is 6.61 Å². The maximum Gasteiger partial charge on any atom is 0.387 e. The van der Waals surface area contributed by atoms with Gasteiger partial charge in [-0.1, -0.05) is 12.1 Å². The first kappa shape index (κ1) is 16.0. The topological polar surface area (TPSA) is 33.7 Å². The van der Waals surface area contributed by atoms with Gasteiger partial charge in [0.1, 0.15) is 0 Å². The average Bonchev–Trinajstić information content (AvgIpc) is 2.47. The third-order valence-electron chi connectivity index (χ3n) is 3.79. The number of nitrogens with zero attached hydrogens (tertiary/aromatic N) is 1. The molecule has 118 valence electrons. The predicted octanol–water partition coefficient (Wildman–Crippen LogP) is 2.48. The average molecular weight is 300 g/mol. The van der Waals surface area contributed by atoms with Crippen LogP contribution in [0.3, 0.4) is 0 Å². The number of likely N-dealkylation sites (tertiary alicyclic amines) is 1. The number of benzene rings is 1. The summed E-state index contributed by atoms with van der Waals surface area (Å²) in [4.78, 5) is 2.29. The van der Waals surface area contributed by atoms with E-state index in [1.165, 1.54) is 7.11 Å². The molecule has 1 heterocycles. The van der Waals surface area contributed by atoms with Crippen molar-refractivity contribution in [2.24, 2.45) is 0 Å². The number of methoxy groups -OCH3 is 1. The number of halogens is 2. The minimum atomic E-state index is -2.86. The second kappa shape index (κ2) is 7.56. The molecule has 0 aliphatic carbocycles. The van der Waals surface area contributed by atoms with Crippen LogP contribution in [-0.2, 0) is 6.54 Å². The van der Waals surface area contributed by atoms with Crippen LogP contribution in [0.1, 0.15) is 18.4 Å². The number of nitrogens with one attached hydrogen (secondary N) is 1. The Morgan fingerprint density at radius 2 is 2.05 bits per heavy atom. The lowest BCUT2D eigenvalue weighted by Crippen LogP contribution is -2.40. The molecule has 21 heavy (non-hydrogen) atoms. The zero-order valence-corrected chi connectivity index (χ0v) is 12.4. The molecule has 1 fully saturated rings. The van der Waals surface area contributed by atoms with Crippen LogP contribution >= 0.6 is 0 Å². The minimum absolute atomic E-state index is 0.121. The molecule has 2 rings (SSSR count).